The third kappa shape index (κ3) is 2.52. The first-order valence-electron chi connectivity index (χ1n) is 9.01. The van der Waals surface area contributed by atoms with Gasteiger partial charge in [0.05, 0.1) is 5.52 Å². The Morgan fingerprint density at radius 3 is 2.56 bits per heavy atom. The minimum Gasteiger partial charge on any atom is -0.342 e. The molecule has 3 aliphatic rings. The Hall–Kier alpha value is -2.26. The molecule has 1 aromatic carbocycles. The number of sulfonamides is 1. The molecule has 0 unspecified atom stereocenters. The molecule has 2 aliphatic heterocycles. The van der Waals surface area contributed by atoms with Crippen molar-refractivity contribution in [3.63, 3.8) is 0 Å². The van der Waals surface area contributed by atoms with E-state index in [2.05, 4.69) is 15.1 Å². The lowest BCUT2D eigenvalue weighted by Gasteiger charge is -2.46. The van der Waals surface area contributed by atoms with Crippen LogP contribution >= 0.6 is 0 Å². The second-order valence-electron chi connectivity index (χ2n) is 7.74. The third-order valence-electron chi connectivity index (χ3n) is 5.74. The van der Waals surface area contributed by atoms with Crippen molar-refractivity contribution in [3.05, 3.63) is 29.8 Å². The van der Waals surface area contributed by atoms with Crippen molar-refractivity contribution < 1.29 is 12.8 Å². The molecule has 9 heteroatoms. The van der Waals surface area contributed by atoms with E-state index in [1.54, 1.807) is 25.0 Å². The van der Waals surface area contributed by atoms with Crippen molar-refractivity contribution in [1.82, 2.24) is 24.1 Å². The fourth-order valence-electron chi connectivity index (χ4n) is 4.41. The van der Waals surface area contributed by atoms with E-state index in [1.807, 2.05) is 0 Å². The Labute approximate surface area is 156 Å². The number of aromatic amines is 1. The average Bonchev–Trinajstić information content (AvgIpc) is 3.22. The number of fused-ring (bicyclic) bond motifs is 3. The van der Waals surface area contributed by atoms with Crippen LogP contribution in [0.15, 0.2) is 23.5 Å². The predicted molar refractivity (Wildman–Crippen MR) is 98.0 cm³/mol. The lowest BCUT2D eigenvalue weighted by molar-refractivity contribution is 0.0770. The molecule has 7 nitrogen and oxygen atoms in total. The van der Waals surface area contributed by atoms with Crippen molar-refractivity contribution in [2.24, 2.45) is 18.9 Å². The highest BCUT2D eigenvalue weighted by Gasteiger charge is 2.42. The van der Waals surface area contributed by atoms with Crippen LogP contribution in [0.2, 0.25) is 0 Å². The molecular weight excluding hydrogens is 369 g/mol. The first kappa shape index (κ1) is 16.9. The van der Waals surface area contributed by atoms with Crippen LogP contribution in [0.1, 0.15) is 18.4 Å². The third-order valence-corrected chi connectivity index (χ3v) is 7.49. The van der Waals surface area contributed by atoms with Crippen LogP contribution in [0, 0.1) is 24.6 Å². The summed E-state index contributed by atoms with van der Waals surface area (Å²) >= 11 is 0. The summed E-state index contributed by atoms with van der Waals surface area (Å²) in [4.78, 5) is 7.07. The second-order valence-corrected chi connectivity index (χ2v) is 9.65. The fraction of sp³-hybridized carbons (Fsp3) is 0.444. The molecule has 0 amide bonds. The number of benzene rings is 1. The molecule has 4 heterocycles. The lowest BCUT2D eigenvalue weighted by Crippen LogP contribution is -2.50. The van der Waals surface area contributed by atoms with E-state index in [0.29, 0.717) is 47.3 Å². The second kappa shape index (κ2) is 5.62. The molecule has 0 radical (unpaired) electrons. The normalized spacial score (nSPS) is 22.9. The molecule has 6 rings (SSSR count). The number of H-pyrrole nitrogens is 1. The van der Waals surface area contributed by atoms with Crippen LogP contribution in [-0.2, 0) is 17.1 Å². The number of halogens is 1. The number of nitrogens with one attached hydrogen (secondary N) is 1. The highest BCUT2D eigenvalue weighted by molar-refractivity contribution is 7.89. The molecule has 3 aromatic rings. The average molecular weight is 389 g/mol. The predicted octanol–water partition coefficient (Wildman–Crippen LogP) is 2.44. The molecule has 0 spiro atoms. The first-order valence-corrected chi connectivity index (χ1v) is 10.4. The summed E-state index contributed by atoms with van der Waals surface area (Å²) in [5.74, 6) is 0.873. The molecular formula is C18H20FN5O2S. The van der Waals surface area contributed by atoms with Crippen molar-refractivity contribution in [2.45, 2.75) is 24.8 Å². The van der Waals surface area contributed by atoms with Gasteiger partial charge < -0.3 is 4.98 Å². The van der Waals surface area contributed by atoms with Gasteiger partial charge in [-0.2, -0.15) is 9.40 Å². The molecule has 0 atom stereocenters. The van der Waals surface area contributed by atoms with Gasteiger partial charge in [-0.25, -0.2) is 17.8 Å². The number of hydrogen-bond donors (Lipinski definition) is 1. The Morgan fingerprint density at radius 1 is 1.22 bits per heavy atom. The molecule has 142 valence electrons. The van der Waals surface area contributed by atoms with Gasteiger partial charge in [-0.15, -0.1) is 0 Å². The zero-order chi connectivity index (χ0) is 18.9. The summed E-state index contributed by atoms with van der Waals surface area (Å²) in [6, 6.07) is 2.91. The quantitative estimate of drug-likeness (QED) is 0.746. The minimum absolute atomic E-state index is 0.0282. The van der Waals surface area contributed by atoms with Gasteiger partial charge >= 0.3 is 0 Å². The number of rotatable bonds is 3. The van der Waals surface area contributed by atoms with Gasteiger partial charge in [0.15, 0.2) is 5.82 Å². The molecule has 1 aliphatic carbocycles. The van der Waals surface area contributed by atoms with Gasteiger partial charge in [0.2, 0.25) is 0 Å². The monoisotopic (exact) mass is 389 g/mol. The number of hydrogen-bond acceptors (Lipinski definition) is 4. The van der Waals surface area contributed by atoms with Crippen LogP contribution in [-0.4, -0.2) is 45.6 Å². The van der Waals surface area contributed by atoms with E-state index in [9.17, 15) is 12.8 Å². The number of nitrogens with zero attached hydrogens (tertiary/aromatic N) is 4. The highest BCUT2D eigenvalue weighted by atomic mass is 32.2. The first-order chi connectivity index (χ1) is 12.8. The SMILES string of the molecule is Cc1cc(F)c2[nH]c(S(=O)(=O)N3CC4CC(C4)C3)cc2c1-c1ncn(C)n1. The number of piperidine rings is 2. The van der Waals surface area contributed by atoms with Gasteiger partial charge in [0.1, 0.15) is 17.2 Å². The van der Waals surface area contributed by atoms with E-state index in [0.717, 1.165) is 12.8 Å². The molecule has 2 saturated heterocycles. The Balaban J connectivity index is 1.66. The molecule has 1 N–H and O–H groups in total. The fourth-order valence-corrected chi connectivity index (χ4v) is 6.00. The van der Waals surface area contributed by atoms with Crippen molar-refractivity contribution >= 4 is 20.9 Å². The van der Waals surface area contributed by atoms with Gasteiger partial charge in [0, 0.05) is 31.1 Å². The standard InChI is InChI=1S/C18H20FN5O2S/c1-10-3-14(19)17-13(16(10)18-20-9-23(2)22-18)6-15(21-17)27(25,26)24-7-11-4-12(5-11)8-24/h3,6,9,11-12,21H,4-5,7-8H2,1-2H3. The van der Waals surface area contributed by atoms with Crippen molar-refractivity contribution in [1.29, 1.82) is 0 Å². The van der Waals surface area contributed by atoms with Crippen molar-refractivity contribution in [2.75, 3.05) is 13.1 Å². The maximum Gasteiger partial charge on any atom is 0.258 e. The number of aryl methyl sites for hydroxylation is 2. The number of aromatic nitrogens is 4. The molecule has 2 bridgehead atoms. The largest absolute Gasteiger partial charge is 0.342 e. The summed E-state index contributed by atoms with van der Waals surface area (Å²) in [6.45, 7) is 2.86. The molecule has 2 aromatic heterocycles. The Bertz CT molecular complexity index is 1150. The van der Waals surface area contributed by atoms with E-state index < -0.39 is 15.8 Å². The van der Waals surface area contributed by atoms with Crippen LogP contribution < -0.4 is 0 Å². The topological polar surface area (TPSA) is 83.9 Å². The Morgan fingerprint density at radius 2 is 1.93 bits per heavy atom. The van der Waals surface area contributed by atoms with Gasteiger partial charge in [0.25, 0.3) is 10.0 Å². The van der Waals surface area contributed by atoms with Crippen LogP contribution in [0.25, 0.3) is 22.3 Å². The lowest BCUT2D eigenvalue weighted by atomic mass is 9.72. The van der Waals surface area contributed by atoms with Gasteiger partial charge in [-0.3, -0.25) is 4.68 Å². The summed E-state index contributed by atoms with van der Waals surface area (Å²) in [5, 5.41) is 4.82. The van der Waals surface area contributed by atoms with Gasteiger partial charge in [-0.05, 0) is 49.3 Å². The summed E-state index contributed by atoms with van der Waals surface area (Å²) in [6.07, 6.45) is 3.79. The summed E-state index contributed by atoms with van der Waals surface area (Å²) in [7, 11) is -1.93. The molecule has 3 fully saturated rings. The summed E-state index contributed by atoms with van der Waals surface area (Å²) < 4.78 is 43.9. The maximum atomic E-state index is 14.6. The summed E-state index contributed by atoms with van der Waals surface area (Å²) in [5.41, 5.74) is 1.48. The van der Waals surface area contributed by atoms with E-state index in [-0.39, 0.29) is 10.5 Å². The van der Waals surface area contributed by atoms with E-state index in [4.69, 9.17) is 0 Å². The van der Waals surface area contributed by atoms with Crippen LogP contribution in [0.3, 0.4) is 0 Å². The van der Waals surface area contributed by atoms with E-state index in [1.165, 1.54) is 16.4 Å². The zero-order valence-electron chi connectivity index (χ0n) is 15.1. The highest BCUT2D eigenvalue weighted by Crippen LogP contribution is 2.42. The smallest absolute Gasteiger partial charge is 0.258 e. The molecule has 1 saturated carbocycles. The van der Waals surface area contributed by atoms with Gasteiger partial charge in [-0.1, -0.05) is 0 Å². The van der Waals surface area contributed by atoms with Crippen LogP contribution in [0.5, 0.6) is 0 Å². The van der Waals surface area contributed by atoms with Crippen molar-refractivity contribution in [3.8, 4) is 11.4 Å². The maximum absolute atomic E-state index is 14.6. The van der Waals surface area contributed by atoms with E-state index >= 15 is 0 Å². The minimum atomic E-state index is -3.68. The Kier molecular flexibility index (Phi) is 3.51. The molecule has 27 heavy (non-hydrogen) atoms. The van der Waals surface area contributed by atoms with Crippen LogP contribution in [0.4, 0.5) is 4.39 Å². The zero-order valence-corrected chi connectivity index (χ0v) is 15.9.